The van der Waals surface area contributed by atoms with Gasteiger partial charge in [-0.05, 0) is 36.6 Å². The van der Waals surface area contributed by atoms with E-state index in [1.54, 1.807) is 56.2 Å². The molecule has 29 heavy (non-hydrogen) atoms. The maximum absolute atomic E-state index is 12.1. The normalized spacial score (nSPS) is 11.3. The van der Waals surface area contributed by atoms with Gasteiger partial charge in [-0.1, -0.05) is 0 Å². The van der Waals surface area contributed by atoms with Crippen LogP contribution in [-0.4, -0.2) is 45.2 Å². The monoisotopic (exact) mass is 420 g/mol. The topological polar surface area (TPSA) is 103 Å². The zero-order chi connectivity index (χ0) is 21.2. The zero-order valence-corrected chi connectivity index (χ0v) is 17.3. The molecule has 2 rings (SSSR count). The summed E-state index contributed by atoms with van der Waals surface area (Å²) in [5, 5.41) is 8.89. The molecule has 1 unspecified atom stereocenters. The number of benzene rings is 1. The number of ether oxygens (including phenoxy) is 3. The first-order chi connectivity index (χ1) is 13.9. The molecule has 1 atom stereocenters. The predicted octanol–water partition coefficient (Wildman–Crippen LogP) is 2.31. The molecule has 0 aliphatic rings. The van der Waals surface area contributed by atoms with Gasteiger partial charge in [-0.25, -0.2) is 0 Å². The molecule has 2 N–H and O–H groups in total. The summed E-state index contributed by atoms with van der Waals surface area (Å²) in [5.41, 5.74) is 1.28. The number of rotatable bonds is 10. The third-order valence-electron chi connectivity index (χ3n) is 4.04. The lowest BCUT2D eigenvalue weighted by molar-refractivity contribution is -0.148. The zero-order valence-electron chi connectivity index (χ0n) is 16.5. The van der Waals surface area contributed by atoms with Crippen molar-refractivity contribution >= 4 is 29.1 Å². The van der Waals surface area contributed by atoms with Crippen LogP contribution in [-0.2, 0) is 14.3 Å². The molecule has 1 heterocycles. The van der Waals surface area contributed by atoms with E-state index >= 15 is 0 Å². The van der Waals surface area contributed by atoms with Gasteiger partial charge in [-0.3, -0.25) is 14.4 Å². The molecule has 0 saturated carbocycles. The van der Waals surface area contributed by atoms with Gasteiger partial charge in [0, 0.05) is 23.1 Å². The van der Waals surface area contributed by atoms with Gasteiger partial charge < -0.3 is 24.8 Å². The van der Waals surface area contributed by atoms with Crippen molar-refractivity contribution in [2.24, 2.45) is 0 Å². The Bertz CT molecular complexity index is 838. The highest BCUT2D eigenvalue weighted by atomic mass is 32.1. The number of esters is 1. The number of amides is 2. The lowest BCUT2D eigenvalue weighted by Gasteiger charge is -2.18. The lowest BCUT2D eigenvalue weighted by Crippen LogP contribution is -2.32. The second-order valence-corrected chi connectivity index (χ2v) is 6.86. The van der Waals surface area contributed by atoms with Crippen molar-refractivity contribution in [3.63, 3.8) is 0 Å². The third kappa shape index (κ3) is 6.79. The van der Waals surface area contributed by atoms with Crippen molar-refractivity contribution in [1.29, 1.82) is 0 Å². The highest BCUT2D eigenvalue weighted by Gasteiger charge is 2.16. The molecule has 8 nitrogen and oxygen atoms in total. The summed E-state index contributed by atoms with van der Waals surface area (Å²) >= 11 is 1.41. The summed E-state index contributed by atoms with van der Waals surface area (Å²) in [4.78, 5) is 35.6. The molecule has 1 aromatic carbocycles. The second kappa shape index (κ2) is 11.1. The van der Waals surface area contributed by atoms with E-state index in [0.29, 0.717) is 17.1 Å². The van der Waals surface area contributed by atoms with Crippen LogP contribution in [0.25, 0.3) is 0 Å². The quantitative estimate of drug-likeness (QED) is 0.572. The summed E-state index contributed by atoms with van der Waals surface area (Å²) in [6.07, 6.45) is -0.0254. The number of hydrogen-bond donors (Lipinski definition) is 2. The lowest BCUT2D eigenvalue weighted by atomic mass is 10.1. The summed E-state index contributed by atoms with van der Waals surface area (Å²) in [6.45, 7) is 1.51. The molecule has 0 fully saturated rings. The van der Waals surface area contributed by atoms with Gasteiger partial charge in [0.2, 0.25) is 0 Å². The van der Waals surface area contributed by atoms with E-state index in [1.165, 1.54) is 11.3 Å². The van der Waals surface area contributed by atoms with Crippen molar-refractivity contribution in [2.45, 2.75) is 19.4 Å². The van der Waals surface area contributed by atoms with Gasteiger partial charge >= 0.3 is 5.97 Å². The van der Waals surface area contributed by atoms with Crippen LogP contribution in [0, 0.1) is 0 Å². The first-order valence-electron chi connectivity index (χ1n) is 8.92. The number of nitrogens with one attached hydrogen (secondary N) is 2. The molecule has 0 aliphatic heterocycles. The Labute approximate surface area is 173 Å². The molecule has 2 aromatic rings. The van der Waals surface area contributed by atoms with Gasteiger partial charge in [0.1, 0.15) is 11.5 Å². The molecule has 0 bridgehead atoms. The fraction of sp³-hybridized carbons (Fsp3) is 0.350. The molecule has 0 radical (unpaired) electrons. The molecular weight excluding hydrogens is 396 g/mol. The van der Waals surface area contributed by atoms with Crippen molar-refractivity contribution in [2.75, 3.05) is 27.4 Å². The van der Waals surface area contributed by atoms with Crippen molar-refractivity contribution in [3.05, 3.63) is 46.2 Å². The molecular formula is C20H24N2O6S. The summed E-state index contributed by atoms with van der Waals surface area (Å²) < 4.78 is 15.5. The smallest absolute Gasteiger partial charge is 0.308 e. The van der Waals surface area contributed by atoms with E-state index in [-0.39, 0.29) is 24.9 Å². The first kappa shape index (κ1) is 22.2. The first-order valence-corrected chi connectivity index (χ1v) is 9.86. The SMILES string of the molecule is COc1ccc(OC)c(C(C)NC(=O)COC(=O)CCNC(=O)c2ccsc2)c1. The Morgan fingerprint density at radius 1 is 1.14 bits per heavy atom. The van der Waals surface area contributed by atoms with E-state index in [0.717, 1.165) is 5.56 Å². The minimum atomic E-state index is -0.572. The van der Waals surface area contributed by atoms with E-state index in [9.17, 15) is 14.4 Å². The molecule has 9 heteroatoms. The second-order valence-electron chi connectivity index (χ2n) is 6.08. The van der Waals surface area contributed by atoms with Crippen LogP contribution >= 0.6 is 11.3 Å². The molecule has 0 aliphatic carbocycles. The fourth-order valence-electron chi connectivity index (χ4n) is 2.53. The highest BCUT2D eigenvalue weighted by molar-refractivity contribution is 7.08. The molecule has 0 saturated heterocycles. The standard InChI is InChI=1S/C20H24N2O6S/c1-13(16-10-15(26-2)4-5-17(16)27-3)22-18(23)11-28-19(24)6-8-21-20(25)14-7-9-29-12-14/h4-5,7,9-10,12-13H,6,8,11H2,1-3H3,(H,21,25)(H,22,23). The fourth-order valence-corrected chi connectivity index (χ4v) is 3.17. The Balaban J connectivity index is 1.74. The largest absolute Gasteiger partial charge is 0.497 e. The average Bonchev–Trinajstić information content (AvgIpc) is 3.26. The van der Waals surface area contributed by atoms with E-state index in [1.807, 2.05) is 0 Å². The number of methoxy groups -OCH3 is 2. The minimum absolute atomic E-state index is 0.0254. The molecule has 156 valence electrons. The van der Waals surface area contributed by atoms with Crippen LogP contribution in [0.3, 0.4) is 0 Å². The summed E-state index contributed by atoms with van der Waals surface area (Å²) in [6, 6.07) is 6.60. The van der Waals surface area contributed by atoms with E-state index in [2.05, 4.69) is 10.6 Å². The Morgan fingerprint density at radius 3 is 2.59 bits per heavy atom. The Kier molecular flexibility index (Phi) is 8.47. The van der Waals surface area contributed by atoms with Crippen molar-refractivity contribution < 1.29 is 28.6 Å². The van der Waals surface area contributed by atoms with E-state index < -0.39 is 18.5 Å². The predicted molar refractivity (Wildman–Crippen MR) is 108 cm³/mol. The van der Waals surface area contributed by atoms with Crippen LogP contribution in [0.15, 0.2) is 35.0 Å². The highest BCUT2D eigenvalue weighted by Crippen LogP contribution is 2.29. The molecule has 0 spiro atoms. The molecule has 2 amide bonds. The van der Waals surface area contributed by atoms with Gasteiger partial charge in [0.25, 0.3) is 11.8 Å². The average molecular weight is 420 g/mol. The van der Waals surface area contributed by atoms with Crippen LogP contribution in [0.2, 0.25) is 0 Å². The van der Waals surface area contributed by atoms with Gasteiger partial charge in [0.15, 0.2) is 6.61 Å². The van der Waals surface area contributed by atoms with Crippen LogP contribution in [0.5, 0.6) is 11.5 Å². The van der Waals surface area contributed by atoms with Crippen molar-refractivity contribution in [1.82, 2.24) is 10.6 Å². The number of carbonyl (C=O) groups excluding carboxylic acids is 3. The van der Waals surface area contributed by atoms with Gasteiger partial charge in [-0.15, -0.1) is 0 Å². The van der Waals surface area contributed by atoms with Gasteiger partial charge in [0.05, 0.1) is 26.7 Å². The Hall–Kier alpha value is -3.07. The van der Waals surface area contributed by atoms with Gasteiger partial charge in [-0.2, -0.15) is 11.3 Å². The third-order valence-corrected chi connectivity index (χ3v) is 4.73. The minimum Gasteiger partial charge on any atom is -0.497 e. The van der Waals surface area contributed by atoms with Crippen LogP contribution in [0.4, 0.5) is 0 Å². The van der Waals surface area contributed by atoms with Crippen LogP contribution < -0.4 is 20.1 Å². The van der Waals surface area contributed by atoms with Crippen molar-refractivity contribution in [3.8, 4) is 11.5 Å². The maximum atomic E-state index is 12.1. The number of thiophene rings is 1. The van der Waals surface area contributed by atoms with Crippen LogP contribution in [0.1, 0.15) is 35.3 Å². The Morgan fingerprint density at radius 2 is 1.93 bits per heavy atom. The molecule has 1 aromatic heterocycles. The number of carbonyl (C=O) groups is 3. The summed E-state index contributed by atoms with van der Waals surface area (Å²) in [7, 11) is 3.09. The number of hydrogen-bond acceptors (Lipinski definition) is 7. The maximum Gasteiger partial charge on any atom is 0.308 e. The summed E-state index contributed by atoms with van der Waals surface area (Å²) in [5.74, 6) is -0.0250. The van der Waals surface area contributed by atoms with E-state index in [4.69, 9.17) is 14.2 Å².